The molecule has 0 saturated carbocycles. The fourth-order valence-electron chi connectivity index (χ4n) is 1.62. The van der Waals surface area contributed by atoms with Crippen LogP contribution in [0.15, 0.2) is 30.5 Å². The molecule has 0 radical (unpaired) electrons. The van der Waals surface area contributed by atoms with Crippen molar-refractivity contribution in [1.29, 1.82) is 0 Å². The third kappa shape index (κ3) is 3.92. The second kappa shape index (κ2) is 6.54. The summed E-state index contributed by atoms with van der Waals surface area (Å²) < 4.78 is 5.58. The molecule has 0 unspecified atom stereocenters. The first kappa shape index (κ1) is 15.3. The first-order chi connectivity index (χ1) is 9.97. The molecule has 2 rings (SSSR count). The molecule has 110 valence electrons. The molecular formula is C15H15ClN2O3. The lowest BCUT2D eigenvalue weighted by molar-refractivity contribution is 0.0690. The molecule has 6 heteroatoms. The lowest BCUT2D eigenvalue weighted by atomic mass is 10.2. The van der Waals surface area contributed by atoms with Crippen LogP contribution in [0.3, 0.4) is 0 Å². The van der Waals surface area contributed by atoms with Crippen LogP contribution in [0.5, 0.6) is 5.75 Å². The molecule has 21 heavy (non-hydrogen) atoms. The van der Waals surface area contributed by atoms with Crippen LogP contribution in [-0.4, -0.2) is 27.7 Å². The number of carboxylic acid groups (broad SMARTS) is 1. The zero-order chi connectivity index (χ0) is 15.4. The molecule has 5 nitrogen and oxygen atoms in total. The highest BCUT2D eigenvalue weighted by atomic mass is 35.5. The molecule has 0 fully saturated rings. The van der Waals surface area contributed by atoms with Gasteiger partial charge < -0.3 is 9.84 Å². The summed E-state index contributed by atoms with van der Waals surface area (Å²) in [5.74, 6) is 0.329. The summed E-state index contributed by atoms with van der Waals surface area (Å²) in [6.45, 7) is 4.78. The topological polar surface area (TPSA) is 72.3 Å². The van der Waals surface area contributed by atoms with Gasteiger partial charge in [0.15, 0.2) is 11.5 Å². The fraction of sp³-hybridized carbons (Fsp3) is 0.267. The Morgan fingerprint density at radius 3 is 2.57 bits per heavy atom. The predicted molar refractivity (Wildman–Crippen MR) is 79.8 cm³/mol. The van der Waals surface area contributed by atoms with Crippen LogP contribution in [0.1, 0.15) is 24.3 Å². The maximum Gasteiger partial charge on any atom is 0.356 e. The van der Waals surface area contributed by atoms with Gasteiger partial charge in [0.1, 0.15) is 5.75 Å². The standard InChI is InChI=1S/C15H15ClN2O3/c1-9(2)8-21-11-5-3-10(4-6-11)14-17-7-12(16)13(18-14)15(19)20/h3-7,9H,8H2,1-2H3,(H,19,20). The molecule has 1 heterocycles. The highest BCUT2D eigenvalue weighted by molar-refractivity contribution is 6.33. The molecule has 2 aromatic rings. The Bertz CT molecular complexity index is 642. The van der Waals surface area contributed by atoms with Gasteiger partial charge in [-0.1, -0.05) is 25.4 Å². The van der Waals surface area contributed by atoms with E-state index >= 15 is 0 Å². The number of carboxylic acids is 1. The van der Waals surface area contributed by atoms with E-state index in [1.165, 1.54) is 6.20 Å². The van der Waals surface area contributed by atoms with Crippen LogP contribution in [0.2, 0.25) is 5.02 Å². The van der Waals surface area contributed by atoms with E-state index in [1.54, 1.807) is 24.3 Å². The lowest BCUT2D eigenvalue weighted by Gasteiger charge is -2.09. The van der Waals surface area contributed by atoms with Gasteiger partial charge in [0.2, 0.25) is 0 Å². The summed E-state index contributed by atoms with van der Waals surface area (Å²) in [6.07, 6.45) is 1.29. The number of ether oxygens (including phenoxy) is 1. The molecule has 1 N–H and O–H groups in total. The highest BCUT2D eigenvalue weighted by Crippen LogP contribution is 2.22. The first-order valence-corrected chi connectivity index (χ1v) is 6.84. The predicted octanol–water partition coefficient (Wildman–Crippen LogP) is 3.53. The van der Waals surface area contributed by atoms with Crippen LogP contribution in [-0.2, 0) is 0 Å². The van der Waals surface area contributed by atoms with Gasteiger partial charge >= 0.3 is 5.97 Å². The number of hydrogen-bond acceptors (Lipinski definition) is 4. The van der Waals surface area contributed by atoms with Crippen molar-refractivity contribution in [2.24, 2.45) is 5.92 Å². The van der Waals surface area contributed by atoms with Crippen molar-refractivity contribution in [3.63, 3.8) is 0 Å². The van der Waals surface area contributed by atoms with Crippen molar-refractivity contribution in [2.75, 3.05) is 6.61 Å². The molecule has 0 aliphatic rings. The maximum atomic E-state index is 11.0. The lowest BCUT2D eigenvalue weighted by Crippen LogP contribution is -2.05. The van der Waals surface area contributed by atoms with Crippen molar-refractivity contribution in [1.82, 2.24) is 9.97 Å². The molecule has 1 aromatic carbocycles. The summed E-state index contributed by atoms with van der Waals surface area (Å²) in [7, 11) is 0. The fourth-order valence-corrected chi connectivity index (χ4v) is 1.79. The van der Waals surface area contributed by atoms with Crippen LogP contribution in [0.25, 0.3) is 11.4 Å². The van der Waals surface area contributed by atoms with Crippen LogP contribution in [0, 0.1) is 5.92 Å². The molecule has 1 aromatic heterocycles. The highest BCUT2D eigenvalue weighted by Gasteiger charge is 2.13. The minimum Gasteiger partial charge on any atom is -0.493 e. The SMILES string of the molecule is CC(C)COc1ccc(-c2ncc(Cl)c(C(=O)O)n2)cc1. The number of halogens is 1. The third-order valence-corrected chi connectivity index (χ3v) is 2.92. The van der Waals surface area contributed by atoms with E-state index in [0.29, 0.717) is 23.9 Å². The van der Waals surface area contributed by atoms with Gasteiger partial charge in [0, 0.05) is 5.56 Å². The summed E-state index contributed by atoms with van der Waals surface area (Å²) in [5.41, 5.74) is 0.493. The number of carbonyl (C=O) groups is 1. The Morgan fingerprint density at radius 1 is 1.33 bits per heavy atom. The maximum absolute atomic E-state index is 11.0. The van der Waals surface area contributed by atoms with Crippen molar-refractivity contribution in [2.45, 2.75) is 13.8 Å². The third-order valence-electron chi connectivity index (χ3n) is 2.64. The number of aromatic carboxylic acids is 1. The van der Waals surface area contributed by atoms with Crippen LogP contribution in [0.4, 0.5) is 0 Å². The van der Waals surface area contributed by atoms with Gasteiger partial charge in [-0.15, -0.1) is 0 Å². The first-order valence-electron chi connectivity index (χ1n) is 6.46. The zero-order valence-corrected chi connectivity index (χ0v) is 12.5. The minimum atomic E-state index is -1.18. The largest absolute Gasteiger partial charge is 0.493 e. The van der Waals surface area contributed by atoms with E-state index in [4.69, 9.17) is 21.4 Å². The van der Waals surface area contributed by atoms with Gasteiger partial charge in [-0.3, -0.25) is 0 Å². The number of benzene rings is 1. The van der Waals surface area contributed by atoms with Crippen molar-refractivity contribution >= 4 is 17.6 Å². The smallest absolute Gasteiger partial charge is 0.356 e. The average Bonchev–Trinajstić information content (AvgIpc) is 2.46. The average molecular weight is 307 g/mol. The molecular weight excluding hydrogens is 292 g/mol. The van der Waals surface area contributed by atoms with E-state index in [0.717, 1.165) is 5.75 Å². The van der Waals surface area contributed by atoms with E-state index in [9.17, 15) is 4.79 Å². The second-order valence-corrected chi connectivity index (χ2v) is 5.33. The molecule has 0 amide bonds. The molecule has 0 aliphatic carbocycles. The van der Waals surface area contributed by atoms with Crippen molar-refractivity contribution in [3.05, 3.63) is 41.2 Å². The molecule has 0 atom stereocenters. The second-order valence-electron chi connectivity index (χ2n) is 4.92. The number of nitrogens with zero attached hydrogens (tertiary/aromatic N) is 2. The van der Waals surface area contributed by atoms with E-state index in [1.807, 2.05) is 0 Å². The summed E-state index contributed by atoms with van der Waals surface area (Å²) in [5, 5.41) is 9.03. The Labute approximate surface area is 127 Å². The van der Waals surface area contributed by atoms with Gasteiger partial charge in [-0.05, 0) is 30.2 Å². The Hall–Kier alpha value is -2.14. The van der Waals surface area contributed by atoms with Gasteiger partial charge in [-0.25, -0.2) is 14.8 Å². The van der Waals surface area contributed by atoms with Crippen LogP contribution >= 0.6 is 11.6 Å². The quantitative estimate of drug-likeness (QED) is 0.915. The van der Waals surface area contributed by atoms with E-state index in [-0.39, 0.29) is 10.7 Å². The monoisotopic (exact) mass is 306 g/mol. The minimum absolute atomic E-state index is 0.0168. The molecule has 0 spiro atoms. The van der Waals surface area contributed by atoms with Gasteiger partial charge in [0.25, 0.3) is 0 Å². The van der Waals surface area contributed by atoms with Crippen LogP contribution < -0.4 is 4.74 Å². The number of hydrogen-bond donors (Lipinski definition) is 1. The molecule has 0 bridgehead atoms. The Morgan fingerprint density at radius 2 is 2.00 bits per heavy atom. The molecule has 0 aliphatic heterocycles. The summed E-state index contributed by atoms with van der Waals surface area (Å²) in [4.78, 5) is 19.0. The zero-order valence-electron chi connectivity index (χ0n) is 11.7. The van der Waals surface area contributed by atoms with Crippen molar-refractivity contribution < 1.29 is 14.6 Å². The van der Waals surface area contributed by atoms with Crippen molar-refractivity contribution in [3.8, 4) is 17.1 Å². The van der Waals surface area contributed by atoms with Gasteiger partial charge in [0.05, 0.1) is 17.8 Å². The van der Waals surface area contributed by atoms with E-state index in [2.05, 4.69) is 23.8 Å². The Balaban J connectivity index is 2.22. The Kier molecular flexibility index (Phi) is 4.75. The summed E-state index contributed by atoms with van der Waals surface area (Å²) >= 11 is 5.75. The van der Waals surface area contributed by atoms with E-state index < -0.39 is 5.97 Å². The molecule has 0 saturated heterocycles. The number of aromatic nitrogens is 2. The normalized spacial score (nSPS) is 10.7. The summed E-state index contributed by atoms with van der Waals surface area (Å²) in [6, 6.07) is 7.17. The number of rotatable bonds is 5. The van der Waals surface area contributed by atoms with Gasteiger partial charge in [-0.2, -0.15) is 0 Å².